The van der Waals surface area contributed by atoms with Gasteiger partial charge in [0, 0.05) is 0 Å². The molecule has 1 aromatic heterocycles. The molecule has 6 heavy (non-hydrogen) atoms. The molecule has 28 valence electrons. The molecule has 1 rings (SSSR count). The summed E-state index contributed by atoms with van der Waals surface area (Å²) in [4.78, 5) is 0. The minimum Gasteiger partial charge on any atom is -0.147 e. The van der Waals surface area contributed by atoms with Gasteiger partial charge in [-0.25, -0.2) is 0 Å². The van der Waals surface area contributed by atoms with Crippen LogP contribution in [0.5, 0.6) is 0 Å². The molecule has 0 bridgehead atoms. The maximum Gasteiger partial charge on any atom is 0.119 e. The van der Waals surface area contributed by atoms with E-state index in [1.54, 1.807) is 0 Å². The van der Waals surface area contributed by atoms with Crippen LogP contribution in [0.25, 0.3) is 0 Å². The molecule has 1 heterocycles. The van der Waals surface area contributed by atoms with Gasteiger partial charge >= 0.3 is 0 Å². The first kappa shape index (κ1) is 4.02. The second-order valence-corrected chi connectivity index (χ2v) is 2.32. The van der Waals surface area contributed by atoms with Crippen LogP contribution in [0.4, 0.5) is 0 Å². The fraction of sp³-hybridized carbons (Fsp3) is 0. The van der Waals surface area contributed by atoms with Crippen LogP contribution < -0.4 is 5.19 Å². The maximum absolute atomic E-state index is 5.35. The molecule has 0 aromatic carbocycles. The molecule has 0 aliphatic rings. The fourth-order valence-electron chi connectivity index (χ4n) is 0.344. The Labute approximate surface area is 40.1 Å². The molecule has 2 radical (unpaired) electrons. The lowest BCUT2D eigenvalue weighted by Gasteiger charge is -1.67. The van der Waals surface area contributed by atoms with Gasteiger partial charge in [0.15, 0.2) is 0 Å². The Morgan fingerprint density at radius 3 is 2.67 bits per heavy atom. The van der Waals surface area contributed by atoms with Crippen LogP contribution in [0, 0.1) is 0 Å². The van der Waals surface area contributed by atoms with Crippen LogP contribution in [0.15, 0.2) is 17.9 Å². The number of hydrogen-bond acceptors (Lipinski definition) is 0. The summed E-state index contributed by atoms with van der Waals surface area (Å²) in [7, 11) is 6.09. The van der Waals surface area contributed by atoms with Crippen molar-refractivity contribution >= 4 is 21.2 Å². The molecule has 0 N–H and O–H groups in total. The van der Waals surface area contributed by atoms with E-state index in [1.165, 1.54) is 0 Å². The van der Waals surface area contributed by atoms with E-state index in [0.717, 1.165) is 13.4 Å². The van der Waals surface area contributed by atoms with Crippen LogP contribution in [0.3, 0.4) is 0 Å². The van der Waals surface area contributed by atoms with E-state index in [2.05, 4.69) is 5.80 Å². The molecular weight excluding hydrogens is 89.8 g/mol. The maximum atomic E-state index is 5.35. The summed E-state index contributed by atoms with van der Waals surface area (Å²) < 4.78 is 0. The van der Waals surface area contributed by atoms with Crippen LogP contribution >= 0.6 is 8.19 Å². The highest BCUT2D eigenvalue weighted by atomic mass is 31.0. The molecule has 0 aliphatic heterocycles. The lowest BCUT2D eigenvalue weighted by Crippen LogP contribution is -1.86. The summed E-state index contributed by atoms with van der Waals surface area (Å²) >= 11 is 0. The molecule has 1 aromatic rings. The van der Waals surface area contributed by atoms with Crippen molar-refractivity contribution in [1.82, 2.24) is 0 Å². The van der Waals surface area contributed by atoms with E-state index in [4.69, 9.17) is 7.85 Å². The van der Waals surface area contributed by atoms with Gasteiger partial charge in [-0.2, -0.15) is 0 Å². The Morgan fingerprint density at radius 1 is 1.67 bits per heavy atom. The Balaban J connectivity index is 3.05. The number of hydrogen-bond donors (Lipinski definition) is 0. The monoisotopic (exact) mass is 94.0 g/mol. The highest BCUT2D eigenvalue weighted by Gasteiger charge is 1.72. The molecule has 1 unspecified atom stereocenters. The molecule has 0 spiro atoms. The molecule has 1 atom stereocenters. The third-order valence-electron chi connectivity index (χ3n) is 0.622. The predicted molar refractivity (Wildman–Crippen MR) is 31.3 cm³/mol. The topological polar surface area (TPSA) is 0 Å². The third kappa shape index (κ3) is 0.664. The summed E-state index contributed by atoms with van der Waals surface area (Å²) in [5, 5.41) is 0.995. The van der Waals surface area contributed by atoms with Crippen LogP contribution in [0.1, 0.15) is 0 Å². The van der Waals surface area contributed by atoms with E-state index in [-0.39, 0.29) is 0 Å². The van der Waals surface area contributed by atoms with Gasteiger partial charge in [0.25, 0.3) is 0 Å². The van der Waals surface area contributed by atoms with E-state index in [0.29, 0.717) is 0 Å². The molecule has 0 amide bonds. The molecular formula is C4H4BP. The predicted octanol–water partition coefficient (Wildman–Crippen LogP) is 0.512. The summed E-state index contributed by atoms with van der Waals surface area (Å²) in [6, 6.07) is 3.91. The average Bonchev–Trinajstić information content (AvgIpc) is 1.86. The molecule has 0 nitrogen and oxygen atoms in total. The van der Waals surface area contributed by atoms with Crippen molar-refractivity contribution < 1.29 is 0 Å². The zero-order valence-corrected chi connectivity index (χ0v) is 4.31. The standard InChI is InChI=1S/C4H4BP/c5-4-2-1-3-6-4/h1-3,6H. The zero-order valence-electron chi connectivity index (χ0n) is 3.31. The summed E-state index contributed by atoms with van der Waals surface area (Å²) in [6.45, 7) is 0. The number of rotatable bonds is 0. The van der Waals surface area contributed by atoms with Crippen molar-refractivity contribution in [3.63, 3.8) is 0 Å². The van der Waals surface area contributed by atoms with Gasteiger partial charge in [0.2, 0.25) is 0 Å². The van der Waals surface area contributed by atoms with Crippen molar-refractivity contribution in [3.05, 3.63) is 17.9 Å². The zero-order chi connectivity index (χ0) is 4.41. The summed E-state index contributed by atoms with van der Waals surface area (Å²) in [6.07, 6.45) is 0. The van der Waals surface area contributed by atoms with Crippen molar-refractivity contribution in [1.29, 1.82) is 0 Å². The Kier molecular flexibility index (Phi) is 1.02. The second kappa shape index (κ2) is 1.53. The smallest absolute Gasteiger partial charge is 0.119 e. The van der Waals surface area contributed by atoms with Crippen LogP contribution in [-0.4, -0.2) is 7.85 Å². The van der Waals surface area contributed by atoms with Gasteiger partial charge in [-0.05, 0) is 5.80 Å². The lowest BCUT2D eigenvalue weighted by atomic mass is 10.1. The quantitative estimate of drug-likeness (QED) is 0.411. The SMILES string of the molecule is [B]c1ccc[pH]1. The van der Waals surface area contributed by atoms with Crippen molar-refractivity contribution in [3.8, 4) is 0 Å². The van der Waals surface area contributed by atoms with Gasteiger partial charge in [0.05, 0.1) is 0 Å². The van der Waals surface area contributed by atoms with E-state index >= 15 is 0 Å². The summed E-state index contributed by atoms with van der Waals surface area (Å²) in [5.74, 6) is 2.06. The fourth-order valence-corrected chi connectivity index (χ4v) is 0.922. The first-order chi connectivity index (χ1) is 2.89. The first-order valence-corrected chi connectivity index (χ1v) is 2.86. The largest absolute Gasteiger partial charge is 0.147 e. The van der Waals surface area contributed by atoms with Gasteiger partial charge in [-0.1, -0.05) is 17.3 Å². The molecule has 0 fully saturated rings. The second-order valence-electron chi connectivity index (χ2n) is 1.13. The van der Waals surface area contributed by atoms with Gasteiger partial charge < -0.3 is 0 Å². The highest BCUT2D eigenvalue weighted by molar-refractivity contribution is 7.36. The third-order valence-corrected chi connectivity index (χ3v) is 1.48. The van der Waals surface area contributed by atoms with E-state index in [1.807, 2.05) is 12.1 Å². The average molecular weight is 93.9 g/mol. The Bertz CT molecular complexity index is 111. The van der Waals surface area contributed by atoms with Crippen LogP contribution in [0.2, 0.25) is 0 Å². The minimum absolute atomic E-state index is 0.741. The molecule has 2 heteroatoms. The van der Waals surface area contributed by atoms with E-state index < -0.39 is 0 Å². The summed E-state index contributed by atoms with van der Waals surface area (Å²) in [5.41, 5.74) is 0. The first-order valence-electron chi connectivity index (χ1n) is 1.78. The molecule has 0 aliphatic carbocycles. The van der Waals surface area contributed by atoms with Crippen LogP contribution in [-0.2, 0) is 0 Å². The normalized spacial score (nSPS) is 10.0. The van der Waals surface area contributed by atoms with Gasteiger partial charge in [0.1, 0.15) is 7.85 Å². The molecule has 0 saturated carbocycles. The Hall–Kier alpha value is -0.155. The van der Waals surface area contributed by atoms with Crippen molar-refractivity contribution in [2.24, 2.45) is 0 Å². The Morgan fingerprint density at radius 2 is 2.50 bits per heavy atom. The van der Waals surface area contributed by atoms with Gasteiger partial charge in [-0.3, -0.25) is 0 Å². The van der Waals surface area contributed by atoms with E-state index in [9.17, 15) is 0 Å². The van der Waals surface area contributed by atoms with Gasteiger partial charge in [-0.15, -0.1) is 8.19 Å². The minimum atomic E-state index is 0.741. The lowest BCUT2D eigenvalue weighted by molar-refractivity contribution is 2.07. The van der Waals surface area contributed by atoms with Crippen molar-refractivity contribution in [2.45, 2.75) is 0 Å². The molecule has 0 saturated heterocycles. The van der Waals surface area contributed by atoms with Crippen molar-refractivity contribution in [2.75, 3.05) is 0 Å². The highest BCUT2D eigenvalue weighted by Crippen LogP contribution is 1.95.